The highest BCUT2D eigenvalue weighted by Crippen LogP contribution is 2.36. The van der Waals surface area contributed by atoms with Crippen LogP contribution in [0.4, 0.5) is 4.79 Å². The van der Waals surface area contributed by atoms with Crippen LogP contribution in [0.15, 0.2) is 0 Å². The SMILES string of the molecule is CSCCCNC1CCCC1C1CCCN1C(=O)OC(C)(C)C. The van der Waals surface area contributed by atoms with Crippen LogP contribution in [0.2, 0.25) is 0 Å². The van der Waals surface area contributed by atoms with Crippen LogP contribution >= 0.6 is 11.8 Å². The minimum atomic E-state index is -0.407. The first-order valence-electron chi connectivity index (χ1n) is 9.14. The van der Waals surface area contributed by atoms with Crippen LogP contribution in [0.25, 0.3) is 0 Å². The zero-order valence-corrected chi connectivity index (χ0v) is 16.1. The summed E-state index contributed by atoms with van der Waals surface area (Å²) in [4.78, 5) is 14.5. The Hall–Kier alpha value is -0.420. The molecule has 0 aromatic rings. The molecule has 0 bridgehead atoms. The smallest absolute Gasteiger partial charge is 0.410 e. The van der Waals surface area contributed by atoms with Gasteiger partial charge in [-0.15, -0.1) is 0 Å². The summed E-state index contributed by atoms with van der Waals surface area (Å²) in [7, 11) is 0. The van der Waals surface area contributed by atoms with E-state index >= 15 is 0 Å². The van der Waals surface area contributed by atoms with E-state index in [0.717, 1.165) is 25.9 Å². The Balaban J connectivity index is 1.91. The second kappa shape index (κ2) is 8.61. The van der Waals surface area contributed by atoms with Crippen molar-refractivity contribution in [2.24, 2.45) is 5.92 Å². The Morgan fingerprint density at radius 3 is 2.74 bits per heavy atom. The molecule has 1 amide bonds. The summed E-state index contributed by atoms with van der Waals surface area (Å²) in [6, 6.07) is 0.940. The molecule has 134 valence electrons. The van der Waals surface area contributed by atoms with Crippen LogP contribution in [0.3, 0.4) is 0 Å². The topological polar surface area (TPSA) is 41.6 Å². The van der Waals surface area contributed by atoms with Gasteiger partial charge in [-0.2, -0.15) is 11.8 Å². The first-order chi connectivity index (χ1) is 10.9. The van der Waals surface area contributed by atoms with Crippen molar-refractivity contribution in [2.75, 3.05) is 25.1 Å². The van der Waals surface area contributed by atoms with E-state index in [9.17, 15) is 4.79 Å². The monoisotopic (exact) mass is 342 g/mol. The molecule has 4 nitrogen and oxygen atoms in total. The summed E-state index contributed by atoms with van der Waals surface area (Å²) in [5.74, 6) is 1.82. The average molecular weight is 343 g/mol. The number of amides is 1. The lowest BCUT2D eigenvalue weighted by atomic mass is 9.92. The minimum absolute atomic E-state index is 0.118. The molecular formula is C18H34N2O2S. The number of carbonyl (C=O) groups excluding carboxylic acids is 1. The van der Waals surface area contributed by atoms with Gasteiger partial charge in [-0.1, -0.05) is 6.42 Å². The lowest BCUT2D eigenvalue weighted by Gasteiger charge is -2.34. The molecule has 0 aromatic carbocycles. The maximum atomic E-state index is 12.5. The normalized spacial score (nSPS) is 28.3. The molecule has 0 aromatic heterocycles. The van der Waals surface area contributed by atoms with Gasteiger partial charge in [0.15, 0.2) is 0 Å². The third kappa shape index (κ3) is 5.56. The molecule has 0 spiro atoms. The van der Waals surface area contributed by atoms with E-state index in [4.69, 9.17) is 4.74 Å². The van der Waals surface area contributed by atoms with Gasteiger partial charge in [-0.25, -0.2) is 4.79 Å². The van der Waals surface area contributed by atoms with Crippen molar-refractivity contribution in [1.82, 2.24) is 10.2 Å². The van der Waals surface area contributed by atoms with Crippen LogP contribution in [0, 0.1) is 5.92 Å². The van der Waals surface area contributed by atoms with Gasteiger partial charge in [0.05, 0.1) is 0 Å². The Kier molecular flexibility index (Phi) is 7.08. The number of nitrogens with one attached hydrogen (secondary N) is 1. The average Bonchev–Trinajstić information content (AvgIpc) is 3.09. The fourth-order valence-corrected chi connectivity index (χ4v) is 4.42. The molecule has 1 N–H and O–H groups in total. The first-order valence-corrected chi connectivity index (χ1v) is 10.5. The fourth-order valence-electron chi connectivity index (χ4n) is 3.99. The van der Waals surface area contributed by atoms with Gasteiger partial charge in [-0.3, -0.25) is 0 Å². The molecule has 1 heterocycles. The number of thioether (sulfide) groups is 1. The predicted octanol–water partition coefficient (Wildman–Crippen LogP) is 3.90. The van der Waals surface area contributed by atoms with Gasteiger partial charge < -0.3 is 15.0 Å². The van der Waals surface area contributed by atoms with Crippen molar-refractivity contribution in [1.29, 1.82) is 0 Å². The Morgan fingerprint density at radius 1 is 1.26 bits per heavy atom. The first kappa shape index (κ1) is 18.9. The summed E-state index contributed by atoms with van der Waals surface area (Å²) in [5.41, 5.74) is -0.407. The lowest BCUT2D eigenvalue weighted by Crippen LogP contribution is -2.47. The van der Waals surface area contributed by atoms with Gasteiger partial charge in [-0.05, 0) is 77.3 Å². The molecule has 5 heteroatoms. The number of hydrogen-bond acceptors (Lipinski definition) is 4. The van der Waals surface area contributed by atoms with Gasteiger partial charge in [0.1, 0.15) is 5.60 Å². The number of rotatable bonds is 6. The third-order valence-corrected chi connectivity index (χ3v) is 5.62. The summed E-state index contributed by atoms with van der Waals surface area (Å²) >= 11 is 1.91. The molecule has 0 radical (unpaired) electrons. The molecule has 2 aliphatic rings. The largest absolute Gasteiger partial charge is 0.444 e. The molecule has 1 saturated heterocycles. The van der Waals surface area contributed by atoms with E-state index in [1.807, 2.05) is 37.4 Å². The number of ether oxygens (including phenoxy) is 1. The highest BCUT2D eigenvalue weighted by Gasteiger charge is 2.41. The zero-order chi connectivity index (χ0) is 16.9. The summed E-state index contributed by atoms with van der Waals surface area (Å²) in [6.45, 7) is 7.79. The van der Waals surface area contributed by atoms with Crippen molar-refractivity contribution in [3.8, 4) is 0 Å². The quantitative estimate of drug-likeness (QED) is 0.743. The Labute approximate surface area is 146 Å². The van der Waals surface area contributed by atoms with Crippen LogP contribution < -0.4 is 5.32 Å². The van der Waals surface area contributed by atoms with E-state index in [1.54, 1.807) is 0 Å². The highest BCUT2D eigenvalue weighted by atomic mass is 32.2. The number of hydrogen-bond donors (Lipinski definition) is 1. The summed E-state index contributed by atoms with van der Waals surface area (Å²) in [6.07, 6.45) is 9.29. The molecule has 3 unspecified atom stereocenters. The van der Waals surface area contributed by atoms with E-state index in [2.05, 4.69) is 11.6 Å². The molecule has 1 aliphatic carbocycles. The number of carbonyl (C=O) groups is 1. The summed E-state index contributed by atoms with van der Waals surface area (Å²) in [5, 5.41) is 3.76. The molecule has 3 atom stereocenters. The van der Waals surface area contributed by atoms with Crippen molar-refractivity contribution >= 4 is 17.9 Å². The van der Waals surface area contributed by atoms with Crippen LogP contribution in [0.5, 0.6) is 0 Å². The molecule has 2 rings (SSSR count). The predicted molar refractivity (Wildman–Crippen MR) is 98.1 cm³/mol. The van der Waals surface area contributed by atoms with Crippen LogP contribution in [0.1, 0.15) is 59.3 Å². The van der Waals surface area contributed by atoms with E-state index in [-0.39, 0.29) is 6.09 Å². The standard InChI is InChI=1S/C18H34N2O2S/c1-18(2,3)22-17(21)20-12-6-10-16(20)14-8-5-9-15(14)19-11-7-13-23-4/h14-16,19H,5-13H2,1-4H3. The number of nitrogens with zero attached hydrogens (tertiary/aromatic N) is 1. The zero-order valence-electron chi connectivity index (χ0n) is 15.3. The van der Waals surface area contributed by atoms with Crippen molar-refractivity contribution in [3.05, 3.63) is 0 Å². The minimum Gasteiger partial charge on any atom is -0.444 e. The number of likely N-dealkylation sites (tertiary alicyclic amines) is 1. The maximum Gasteiger partial charge on any atom is 0.410 e. The van der Waals surface area contributed by atoms with Crippen LogP contribution in [-0.4, -0.2) is 53.8 Å². The molecule has 1 saturated carbocycles. The van der Waals surface area contributed by atoms with Gasteiger partial charge in [0, 0.05) is 18.6 Å². The van der Waals surface area contributed by atoms with Gasteiger partial charge in [0.2, 0.25) is 0 Å². The molecule has 2 fully saturated rings. The second-order valence-electron chi connectivity index (χ2n) is 7.89. The van der Waals surface area contributed by atoms with E-state index < -0.39 is 5.60 Å². The fraction of sp³-hybridized carbons (Fsp3) is 0.944. The van der Waals surface area contributed by atoms with Gasteiger partial charge >= 0.3 is 6.09 Å². The molecule has 23 heavy (non-hydrogen) atoms. The van der Waals surface area contributed by atoms with Crippen molar-refractivity contribution in [2.45, 2.75) is 77.0 Å². The lowest BCUT2D eigenvalue weighted by molar-refractivity contribution is 0.0167. The highest BCUT2D eigenvalue weighted by molar-refractivity contribution is 7.98. The Bertz CT molecular complexity index is 384. The second-order valence-corrected chi connectivity index (χ2v) is 8.87. The van der Waals surface area contributed by atoms with E-state index in [0.29, 0.717) is 18.0 Å². The van der Waals surface area contributed by atoms with Gasteiger partial charge in [0.25, 0.3) is 0 Å². The maximum absolute atomic E-state index is 12.5. The van der Waals surface area contributed by atoms with Crippen LogP contribution in [-0.2, 0) is 4.74 Å². The summed E-state index contributed by atoms with van der Waals surface area (Å²) < 4.78 is 5.62. The van der Waals surface area contributed by atoms with Crippen molar-refractivity contribution in [3.63, 3.8) is 0 Å². The molecular weight excluding hydrogens is 308 g/mol. The molecule has 1 aliphatic heterocycles. The van der Waals surface area contributed by atoms with Crippen molar-refractivity contribution < 1.29 is 9.53 Å². The Morgan fingerprint density at radius 2 is 2.04 bits per heavy atom. The third-order valence-electron chi connectivity index (χ3n) is 4.92. The van der Waals surface area contributed by atoms with E-state index in [1.165, 1.54) is 31.4 Å².